The fourth-order valence-electron chi connectivity index (χ4n) is 4.03. The third kappa shape index (κ3) is 5.87. The van der Waals surface area contributed by atoms with Crippen molar-refractivity contribution < 1.29 is 9.53 Å². The fraction of sp³-hybridized carbons (Fsp3) is 0.435. The lowest BCUT2D eigenvalue weighted by atomic mass is 10.1. The molecule has 0 saturated carbocycles. The van der Waals surface area contributed by atoms with Crippen LogP contribution >= 0.6 is 22.9 Å². The van der Waals surface area contributed by atoms with Gasteiger partial charge < -0.3 is 26.0 Å². The Kier molecular flexibility index (Phi) is 8.04. The van der Waals surface area contributed by atoms with Crippen molar-refractivity contribution in [2.45, 2.75) is 26.4 Å². The molecule has 0 aliphatic carbocycles. The topological polar surface area (TPSA) is 108 Å². The predicted molar refractivity (Wildman–Crippen MR) is 137 cm³/mol. The average molecular weight is 504 g/mol. The first-order valence-electron chi connectivity index (χ1n) is 11.3. The number of nitrogens with zero attached hydrogens (tertiary/aromatic N) is 4. The van der Waals surface area contributed by atoms with Gasteiger partial charge in [0.15, 0.2) is 0 Å². The number of morpholine rings is 1. The van der Waals surface area contributed by atoms with Gasteiger partial charge in [0.25, 0.3) is 5.91 Å². The van der Waals surface area contributed by atoms with Gasteiger partial charge in [-0.25, -0.2) is 9.98 Å². The molecule has 4 rings (SSSR count). The van der Waals surface area contributed by atoms with Crippen LogP contribution in [0.3, 0.4) is 0 Å². The Morgan fingerprint density at radius 2 is 2.21 bits per heavy atom. The Morgan fingerprint density at radius 3 is 2.91 bits per heavy atom. The Hall–Kier alpha value is -2.66. The van der Waals surface area contributed by atoms with E-state index in [1.807, 2.05) is 36.1 Å². The number of hydrogen-bond acceptors (Lipinski definition) is 8. The number of thiazole rings is 1. The van der Waals surface area contributed by atoms with E-state index >= 15 is 0 Å². The lowest BCUT2D eigenvalue weighted by Crippen LogP contribution is -2.53. The number of aromatic nitrogens is 1. The summed E-state index contributed by atoms with van der Waals surface area (Å²) in [4.78, 5) is 25.4. The molecule has 0 bridgehead atoms. The SMILES string of the molecule is Cc1cccc(Cl)c1N1C(=Nc2ncc(C(N)=O)s2)C=C(NCCCN2CCOCC2)NC1C. The monoisotopic (exact) mass is 503 g/mol. The number of carbonyl (C=O) groups is 1. The first kappa shape index (κ1) is 24.5. The molecule has 182 valence electrons. The number of amides is 1. The van der Waals surface area contributed by atoms with E-state index in [1.54, 1.807) is 0 Å². The van der Waals surface area contributed by atoms with E-state index in [0.717, 1.165) is 74.2 Å². The minimum Gasteiger partial charge on any atom is -0.379 e. The Labute approximate surface area is 208 Å². The van der Waals surface area contributed by atoms with Crippen molar-refractivity contribution in [1.29, 1.82) is 0 Å². The van der Waals surface area contributed by atoms with Crippen LogP contribution in [0.15, 0.2) is 41.3 Å². The molecule has 4 N–H and O–H groups in total. The van der Waals surface area contributed by atoms with E-state index in [4.69, 9.17) is 27.1 Å². The highest BCUT2D eigenvalue weighted by Crippen LogP contribution is 2.33. The molecular formula is C23H30ClN7O2S. The summed E-state index contributed by atoms with van der Waals surface area (Å²) in [6.45, 7) is 9.52. The van der Waals surface area contributed by atoms with Crippen molar-refractivity contribution in [3.63, 3.8) is 0 Å². The van der Waals surface area contributed by atoms with Gasteiger partial charge >= 0.3 is 0 Å². The lowest BCUT2D eigenvalue weighted by molar-refractivity contribution is 0.0375. The second kappa shape index (κ2) is 11.2. The van der Waals surface area contributed by atoms with E-state index in [2.05, 4.69) is 27.4 Å². The van der Waals surface area contributed by atoms with Gasteiger partial charge in [0.1, 0.15) is 22.7 Å². The molecule has 2 aliphatic rings. The predicted octanol–water partition coefficient (Wildman–Crippen LogP) is 2.84. The van der Waals surface area contributed by atoms with Crippen LogP contribution in [-0.2, 0) is 4.74 Å². The summed E-state index contributed by atoms with van der Waals surface area (Å²) in [5, 5.41) is 8.09. The second-order valence-corrected chi connectivity index (χ2v) is 9.65. The molecule has 11 heteroatoms. The van der Waals surface area contributed by atoms with Crippen molar-refractivity contribution in [3.05, 3.63) is 51.8 Å². The number of primary amides is 1. The normalized spacial score (nSPS) is 20.2. The fourth-order valence-corrected chi connectivity index (χ4v) is 4.99. The molecule has 0 spiro atoms. The van der Waals surface area contributed by atoms with Crippen molar-refractivity contribution in [2.24, 2.45) is 10.7 Å². The molecule has 1 aromatic heterocycles. The summed E-state index contributed by atoms with van der Waals surface area (Å²) in [5.74, 6) is 1.03. The van der Waals surface area contributed by atoms with Gasteiger partial charge in [-0.3, -0.25) is 9.69 Å². The van der Waals surface area contributed by atoms with Crippen molar-refractivity contribution in [1.82, 2.24) is 20.5 Å². The molecular weight excluding hydrogens is 474 g/mol. The number of aliphatic imine (C=N–C) groups is 1. The summed E-state index contributed by atoms with van der Waals surface area (Å²) >= 11 is 7.77. The van der Waals surface area contributed by atoms with Crippen LogP contribution in [0.2, 0.25) is 5.02 Å². The largest absolute Gasteiger partial charge is 0.379 e. The maximum Gasteiger partial charge on any atom is 0.260 e. The number of carbonyl (C=O) groups excluding carboxylic acids is 1. The highest BCUT2D eigenvalue weighted by atomic mass is 35.5. The number of ether oxygens (including phenoxy) is 1. The van der Waals surface area contributed by atoms with E-state index in [0.29, 0.717) is 20.9 Å². The molecule has 2 aromatic rings. The van der Waals surface area contributed by atoms with Crippen LogP contribution in [0.5, 0.6) is 0 Å². The molecule has 1 aromatic carbocycles. The number of para-hydroxylation sites is 1. The highest BCUT2D eigenvalue weighted by molar-refractivity contribution is 7.17. The maximum absolute atomic E-state index is 11.5. The van der Waals surface area contributed by atoms with Crippen molar-refractivity contribution >= 4 is 45.5 Å². The zero-order valence-electron chi connectivity index (χ0n) is 19.4. The number of halogens is 1. The van der Waals surface area contributed by atoms with Gasteiger partial charge in [-0.15, -0.1) is 0 Å². The van der Waals surface area contributed by atoms with Crippen LogP contribution in [0.4, 0.5) is 10.8 Å². The summed E-state index contributed by atoms with van der Waals surface area (Å²) in [5.41, 5.74) is 7.30. The molecule has 2 aliphatic heterocycles. The first-order valence-corrected chi connectivity index (χ1v) is 12.5. The van der Waals surface area contributed by atoms with Crippen LogP contribution in [-0.4, -0.2) is 67.2 Å². The standard InChI is InChI=1S/C23H30ClN7O2S/c1-15-5-3-6-17(24)21(15)31-16(2)28-19(26-7-4-8-30-9-11-33-12-10-30)13-20(31)29-23-27-14-18(34-23)22(25)32/h3,5-6,13-14,16,26,28H,4,7-12H2,1-2H3,(H2,25,32). The van der Waals surface area contributed by atoms with E-state index < -0.39 is 5.91 Å². The zero-order valence-corrected chi connectivity index (χ0v) is 21.0. The number of benzene rings is 1. The molecule has 0 radical (unpaired) electrons. The third-order valence-corrected chi connectivity index (χ3v) is 6.93. The van der Waals surface area contributed by atoms with Gasteiger partial charge in [-0.05, 0) is 38.4 Å². The molecule has 1 unspecified atom stereocenters. The molecule has 1 fully saturated rings. The van der Waals surface area contributed by atoms with Gasteiger partial charge in [0.2, 0.25) is 5.13 Å². The number of rotatable bonds is 8. The highest BCUT2D eigenvalue weighted by Gasteiger charge is 2.28. The number of nitrogens with two attached hydrogens (primary N) is 1. The lowest BCUT2D eigenvalue weighted by Gasteiger charge is -2.38. The minimum atomic E-state index is -0.514. The number of aryl methyl sites for hydroxylation is 1. The van der Waals surface area contributed by atoms with E-state index in [9.17, 15) is 4.79 Å². The molecule has 34 heavy (non-hydrogen) atoms. The summed E-state index contributed by atoms with van der Waals surface area (Å²) in [7, 11) is 0. The van der Waals surface area contributed by atoms with Crippen molar-refractivity contribution in [3.8, 4) is 0 Å². The van der Waals surface area contributed by atoms with Crippen molar-refractivity contribution in [2.75, 3.05) is 44.3 Å². The Balaban J connectivity index is 1.56. The smallest absolute Gasteiger partial charge is 0.260 e. The van der Waals surface area contributed by atoms with Gasteiger partial charge in [-0.1, -0.05) is 35.1 Å². The first-order chi connectivity index (χ1) is 16.4. The molecule has 1 amide bonds. The van der Waals surface area contributed by atoms with Gasteiger partial charge in [0, 0.05) is 25.7 Å². The Bertz CT molecular complexity index is 1060. The Morgan fingerprint density at radius 1 is 1.41 bits per heavy atom. The number of amidine groups is 1. The average Bonchev–Trinajstić information content (AvgIpc) is 3.28. The third-order valence-electron chi connectivity index (χ3n) is 5.72. The number of nitrogens with one attached hydrogen (secondary N) is 2. The molecule has 9 nitrogen and oxygen atoms in total. The van der Waals surface area contributed by atoms with E-state index in [-0.39, 0.29) is 6.17 Å². The summed E-state index contributed by atoms with van der Waals surface area (Å²) < 4.78 is 5.42. The van der Waals surface area contributed by atoms with Crippen LogP contribution < -0.4 is 21.3 Å². The molecule has 3 heterocycles. The summed E-state index contributed by atoms with van der Waals surface area (Å²) in [6, 6.07) is 5.81. The molecule has 1 saturated heterocycles. The van der Waals surface area contributed by atoms with E-state index in [1.165, 1.54) is 6.20 Å². The molecule has 1 atom stereocenters. The number of hydrogen-bond donors (Lipinski definition) is 3. The van der Waals surface area contributed by atoms with Crippen LogP contribution in [0, 0.1) is 6.92 Å². The maximum atomic E-state index is 11.5. The van der Waals surface area contributed by atoms with Crippen LogP contribution in [0.25, 0.3) is 0 Å². The van der Waals surface area contributed by atoms with Gasteiger partial charge in [-0.2, -0.15) is 0 Å². The van der Waals surface area contributed by atoms with Crippen LogP contribution in [0.1, 0.15) is 28.6 Å². The second-order valence-electron chi connectivity index (χ2n) is 8.23. The zero-order chi connectivity index (χ0) is 24.1. The quantitative estimate of drug-likeness (QED) is 0.475. The van der Waals surface area contributed by atoms with Gasteiger partial charge in [0.05, 0.1) is 30.1 Å². The minimum absolute atomic E-state index is 0.125. The summed E-state index contributed by atoms with van der Waals surface area (Å²) in [6.07, 6.45) is 4.29. The number of anilines is 1.